The Kier molecular flexibility index (Phi) is 10.6. The van der Waals surface area contributed by atoms with Crippen molar-refractivity contribution in [2.75, 3.05) is 49.1 Å². The van der Waals surface area contributed by atoms with Crippen molar-refractivity contribution in [1.29, 1.82) is 0 Å². The summed E-state index contributed by atoms with van der Waals surface area (Å²) in [6.07, 6.45) is 6.93. The Balaban J connectivity index is 1.13. The Morgan fingerprint density at radius 3 is 2.52 bits per heavy atom. The Morgan fingerprint density at radius 1 is 1.11 bits per heavy atom. The first kappa shape index (κ1) is 33.8. The first-order valence-corrected chi connectivity index (χ1v) is 17.1. The average molecular weight is 640 g/mol. The van der Waals surface area contributed by atoms with Gasteiger partial charge < -0.3 is 34.0 Å². The van der Waals surface area contributed by atoms with Crippen LogP contribution in [-0.2, 0) is 9.53 Å². The lowest BCUT2D eigenvalue weighted by Crippen LogP contribution is -2.54. The molecular weight excluding hydrogens is 586 g/mol. The lowest BCUT2D eigenvalue weighted by atomic mass is 9.84. The second kappa shape index (κ2) is 14.5. The van der Waals surface area contributed by atoms with E-state index in [9.17, 15) is 9.59 Å². The number of rotatable bonds is 10. The second-order valence-electron chi connectivity index (χ2n) is 14.6. The molecule has 0 spiro atoms. The van der Waals surface area contributed by atoms with Gasteiger partial charge in [0.2, 0.25) is 5.91 Å². The molecule has 3 atom stereocenters. The molecule has 5 rings (SSSR count). The fourth-order valence-corrected chi connectivity index (χ4v) is 6.85. The monoisotopic (exact) mass is 639 g/mol. The van der Waals surface area contributed by atoms with Crippen molar-refractivity contribution in [3.05, 3.63) is 23.7 Å². The largest absolute Gasteiger partial charge is 0.492 e. The molecule has 0 saturated carbocycles. The number of piperidine rings is 2. The van der Waals surface area contributed by atoms with E-state index in [4.69, 9.17) is 19.0 Å². The topological polar surface area (TPSA) is 126 Å². The number of hydrogen-bond acceptors (Lipinski definition) is 10. The number of nitrogens with one attached hydrogen (secondary N) is 1. The van der Waals surface area contributed by atoms with Gasteiger partial charge in [0.1, 0.15) is 17.2 Å². The zero-order valence-electron chi connectivity index (χ0n) is 28.8. The van der Waals surface area contributed by atoms with Crippen LogP contribution in [0.5, 0.6) is 5.75 Å². The highest BCUT2D eigenvalue weighted by molar-refractivity contribution is 5.78. The predicted octanol–water partition coefficient (Wildman–Crippen LogP) is 5.31. The molecule has 2 amide bonds. The molecule has 3 saturated heterocycles. The van der Waals surface area contributed by atoms with Gasteiger partial charge >= 0.3 is 12.1 Å². The molecular formula is C34H53N7O5. The van der Waals surface area contributed by atoms with Crippen LogP contribution in [-0.4, -0.2) is 89.0 Å². The van der Waals surface area contributed by atoms with Gasteiger partial charge in [0.05, 0.1) is 24.9 Å². The average Bonchev–Trinajstić information content (AvgIpc) is 3.65. The number of pyridine rings is 1. The maximum atomic E-state index is 12.9. The smallest absolute Gasteiger partial charge is 0.408 e. The van der Waals surface area contributed by atoms with E-state index in [-0.39, 0.29) is 23.9 Å². The van der Waals surface area contributed by atoms with Crippen LogP contribution >= 0.6 is 0 Å². The van der Waals surface area contributed by atoms with E-state index in [1.807, 2.05) is 38.7 Å². The lowest BCUT2D eigenvalue weighted by molar-refractivity contribution is -0.135. The normalized spacial score (nSPS) is 22.0. The van der Waals surface area contributed by atoms with E-state index in [0.717, 1.165) is 68.1 Å². The number of carbonyl (C=O) groups excluding carboxylic acids is 2. The molecule has 0 bridgehead atoms. The maximum absolute atomic E-state index is 12.9. The summed E-state index contributed by atoms with van der Waals surface area (Å²) in [6.45, 7) is 18.4. The molecule has 254 valence electrons. The van der Waals surface area contributed by atoms with E-state index in [1.165, 1.54) is 0 Å². The fourth-order valence-electron chi connectivity index (χ4n) is 6.85. The number of hydrogen-bond donors (Lipinski definition) is 1. The highest BCUT2D eigenvalue weighted by Gasteiger charge is 2.41. The van der Waals surface area contributed by atoms with Crippen molar-refractivity contribution in [3.8, 4) is 5.75 Å². The fraction of sp³-hybridized carbons (Fsp3) is 0.735. The summed E-state index contributed by atoms with van der Waals surface area (Å²) in [7, 11) is 0. The van der Waals surface area contributed by atoms with Gasteiger partial charge in [0.15, 0.2) is 5.82 Å². The third kappa shape index (κ3) is 8.41. The summed E-state index contributed by atoms with van der Waals surface area (Å²) in [5, 5.41) is 7.16. The number of anilines is 2. The highest BCUT2D eigenvalue weighted by atomic mass is 16.6. The van der Waals surface area contributed by atoms with E-state index in [2.05, 4.69) is 46.0 Å². The minimum atomic E-state index is -0.601. The Hall–Kier alpha value is -3.57. The van der Waals surface area contributed by atoms with Gasteiger partial charge in [0.25, 0.3) is 0 Å². The number of aromatic nitrogens is 3. The Labute approximate surface area is 273 Å². The summed E-state index contributed by atoms with van der Waals surface area (Å²) < 4.78 is 17.2. The van der Waals surface area contributed by atoms with Crippen LogP contribution in [0.4, 0.5) is 16.6 Å². The molecule has 2 aromatic heterocycles. The predicted molar refractivity (Wildman–Crippen MR) is 176 cm³/mol. The van der Waals surface area contributed by atoms with E-state index >= 15 is 0 Å². The van der Waals surface area contributed by atoms with Crippen LogP contribution in [0.25, 0.3) is 0 Å². The molecule has 46 heavy (non-hydrogen) atoms. The number of aryl methyl sites for hydroxylation is 1. The van der Waals surface area contributed by atoms with E-state index < -0.39 is 11.7 Å². The quantitative estimate of drug-likeness (QED) is 0.365. The van der Waals surface area contributed by atoms with E-state index in [0.29, 0.717) is 50.5 Å². The van der Waals surface area contributed by atoms with Crippen molar-refractivity contribution in [2.45, 2.75) is 111 Å². The lowest BCUT2D eigenvalue weighted by Gasteiger charge is -2.35. The van der Waals surface area contributed by atoms with Crippen molar-refractivity contribution in [3.63, 3.8) is 0 Å². The molecule has 3 aliphatic heterocycles. The summed E-state index contributed by atoms with van der Waals surface area (Å²) in [6, 6.07) is 2.28. The standard InChI is InChI=1S/C34H53N7O5/c1-22(2)30-37-32(46-38-30)39-15-11-25(12-16-39)23(3)13-17-44-26-18-24(4)31(35-19-26)40-20-27(36-33(43)45-34(5,6)7)28(21-40)41-14-9-8-10-29(41)42/h18-19,22-23,25,27-28H,8-17,20-21H2,1-7H3,(H,36,43)/t23?,27-,28-/m0/s1. The number of alkyl carbamates (subject to hydrolysis) is 1. The third-order valence-electron chi connectivity index (χ3n) is 9.48. The molecule has 12 heteroatoms. The summed E-state index contributed by atoms with van der Waals surface area (Å²) in [5.41, 5.74) is 0.400. The molecule has 3 fully saturated rings. The molecule has 12 nitrogen and oxygen atoms in total. The minimum Gasteiger partial charge on any atom is -0.492 e. The molecule has 0 radical (unpaired) electrons. The molecule has 3 aliphatic rings. The van der Waals surface area contributed by atoms with Gasteiger partial charge in [-0.05, 0) is 83.3 Å². The first-order chi connectivity index (χ1) is 21.9. The van der Waals surface area contributed by atoms with Crippen molar-refractivity contribution >= 4 is 23.8 Å². The van der Waals surface area contributed by atoms with E-state index in [1.54, 1.807) is 6.20 Å². The zero-order chi connectivity index (χ0) is 33.0. The number of likely N-dealkylation sites (tertiary alicyclic amines) is 1. The zero-order valence-corrected chi connectivity index (χ0v) is 28.8. The van der Waals surface area contributed by atoms with Gasteiger partial charge in [0, 0.05) is 45.1 Å². The number of amides is 2. The van der Waals surface area contributed by atoms with Gasteiger partial charge in [-0.25, -0.2) is 9.78 Å². The maximum Gasteiger partial charge on any atom is 0.408 e. The summed E-state index contributed by atoms with van der Waals surface area (Å²) >= 11 is 0. The van der Waals surface area contributed by atoms with Crippen LogP contribution in [0, 0.1) is 18.8 Å². The molecule has 5 heterocycles. The van der Waals surface area contributed by atoms with Crippen LogP contribution < -0.4 is 19.9 Å². The van der Waals surface area contributed by atoms with Gasteiger partial charge in [-0.2, -0.15) is 4.98 Å². The van der Waals surface area contributed by atoms with Crippen molar-refractivity contribution < 1.29 is 23.6 Å². The van der Waals surface area contributed by atoms with Gasteiger partial charge in [-0.3, -0.25) is 4.79 Å². The molecule has 1 unspecified atom stereocenters. The summed E-state index contributed by atoms with van der Waals surface area (Å²) in [5.74, 6) is 3.94. The van der Waals surface area contributed by atoms with Crippen LogP contribution in [0.3, 0.4) is 0 Å². The van der Waals surface area contributed by atoms with Crippen LogP contribution in [0.15, 0.2) is 16.8 Å². The van der Waals surface area contributed by atoms with Gasteiger partial charge in [-0.15, -0.1) is 0 Å². The first-order valence-electron chi connectivity index (χ1n) is 17.1. The molecule has 2 aromatic rings. The Bertz CT molecular complexity index is 1330. The molecule has 0 aliphatic carbocycles. The van der Waals surface area contributed by atoms with Crippen molar-refractivity contribution in [1.82, 2.24) is 25.3 Å². The van der Waals surface area contributed by atoms with Crippen LogP contribution in [0.2, 0.25) is 0 Å². The van der Waals surface area contributed by atoms with Crippen LogP contribution in [0.1, 0.15) is 97.4 Å². The number of ether oxygens (including phenoxy) is 2. The SMILES string of the molecule is Cc1cc(OCCC(C)C2CCN(c3nc(C(C)C)no3)CC2)cnc1N1C[C@H](NC(=O)OC(C)(C)C)[C@@H](N2CCCCC2=O)C1. The number of nitrogens with zero attached hydrogens (tertiary/aromatic N) is 6. The van der Waals surface area contributed by atoms with Gasteiger partial charge in [-0.1, -0.05) is 25.9 Å². The third-order valence-corrected chi connectivity index (χ3v) is 9.48. The Morgan fingerprint density at radius 2 is 1.87 bits per heavy atom. The molecule has 1 N–H and O–H groups in total. The number of carbonyl (C=O) groups is 2. The molecule has 0 aromatic carbocycles. The highest BCUT2D eigenvalue weighted by Crippen LogP contribution is 2.31. The second-order valence-corrected chi connectivity index (χ2v) is 14.6. The van der Waals surface area contributed by atoms with Crippen molar-refractivity contribution in [2.24, 2.45) is 11.8 Å². The summed E-state index contributed by atoms with van der Waals surface area (Å²) in [4.78, 5) is 41.3. The minimum absolute atomic E-state index is 0.143.